The van der Waals surface area contributed by atoms with Gasteiger partial charge in [-0.05, 0) is 31.0 Å². The zero-order valence-electron chi connectivity index (χ0n) is 8.50. The fourth-order valence-corrected chi connectivity index (χ4v) is 2.11. The second-order valence-electron chi connectivity index (χ2n) is 3.41. The summed E-state index contributed by atoms with van der Waals surface area (Å²) in [5.41, 5.74) is 3.48. The van der Waals surface area contributed by atoms with Crippen molar-refractivity contribution in [2.75, 3.05) is 5.75 Å². The van der Waals surface area contributed by atoms with Crippen molar-refractivity contribution in [1.29, 1.82) is 0 Å². The van der Waals surface area contributed by atoms with E-state index in [-0.39, 0.29) is 0 Å². The Hall–Kier alpha value is -0.960. The first kappa shape index (κ1) is 9.59. The largest absolute Gasteiger partial charge is 0.333 e. The monoisotopic (exact) mass is 206 g/mol. The molecule has 0 saturated heterocycles. The molecule has 3 heteroatoms. The average molecular weight is 206 g/mol. The number of rotatable bonds is 3. The number of imidazole rings is 1. The lowest BCUT2D eigenvalue weighted by atomic mass is 10.2. The zero-order chi connectivity index (χ0) is 9.97. The number of thioether (sulfide) groups is 1. The van der Waals surface area contributed by atoms with Gasteiger partial charge in [0.15, 0.2) is 5.16 Å². The molecule has 0 spiro atoms. The molecule has 0 aliphatic carbocycles. The van der Waals surface area contributed by atoms with E-state index >= 15 is 0 Å². The highest BCUT2D eigenvalue weighted by molar-refractivity contribution is 7.99. The van der Waals surface area contributed by atoms with Crippen molar-refractivity contribution in [2.24, 2.45) is 0 Å². The minimum atomic E-state index is 1.03. The highest BCUT2D eigenvalue weighted by Gasteiger charge is 2.01. The predicted molar refractivity (Wildman–Crippen MR) is 61.8 cm³/mol. The summed E-state index contributed by atoms with van der Waals surface area (Å²) in [6.07, 6.45) is 1.18. The van der Waals surface area contributed by atoms with Gasteiger partial charge in [0.2, 0.25) is 0 Å². The van der Waals surface area contributed by atoms with Gasteiger partial charge in [-0.15, -0.1) is 0 Å². The lowest BCUT2D eigenvalue weighted by Crippen LogP contribution is -1.76. The Labute approximate surface area is 88.1 Å². The van der Waals surface area contributed by atoms with Crippen LogP contribution in [0.15, 0.2) is 23.4 Å². The first-order valence-corrected chi connectivity index (χ1v) is 5.87. The molecule has 0 saturated carbocycles. The molecular formula is C11H14N2S. The Bertz CT molecular complexity index is 434. The van der Waals surface area contributed by atoms with Crippen LogP contribution in [0, 0.1) is 6.92 Å². The summed E-state index contributed by atoms with van der Waals surface area (Å²) in [5.74, 6) is 1.12. The average Bonchev–Trinajstić information content (AvgIpc) is 2.56. The van der Waals surface area contributed by atoms with Gasteiger partial charge < -0.3 is 4.98 Å². The summed E-state index contributed by atoms with van der Waals surface area (Å²) >= 11 is 1.79. The quantitative estimate of drug-likeness (QED) is 0.780. The molecule has 1 aromatic carbocycles. The molecule has 0 amide bonds. The maximum absolute atomic E-state index is 4.50. The minimum Gasteiger partial charge on any atom is -0.333 e. The smallest absolute Gasteiger partial charge is 0.166 e. The fraction of sp³-hybridized carbons (Fsp3) is 0.364. The molecule has 0 radical (unpaired) electrons. The van der Waals surface area contributed by atoms with Crippen molar-refractivity contribution < 1.29 is 0 Å². The van der Waals surface area contributed by atoms with E-state index < -0.39 is 0 Å². The van der Waals surface area contributed by atoms with Gasteiger partial charge in [0.25, 0.3) is 0 Å². The third-order valence-electron chi connectivity index (χ3n) is 2.06. The standard InChI is InChI=1S/C11H14N2S/c1-3-6-14-11-12-9-5-4-8(2)7-10(9)13-11/h4-5,7H,3,6H2,1-2H3,(H,12,13). The van der Waals surface area contributed by atoms with Crippen LogP contribution < -0.4 is 0 Å². The van der Waals surface area contributed by atoms with Crippen LogP contribution in [0.1, 0.15) is 18.9 Å². The Morgan fingerprint density at radius 2 is 2.29 bits per heavy atom. The molecule has 2 rings (SSSR count). The molecule has 14 heavy (non-hydrogen) atoms. The van der Waals surface area contributed by atoms with Gasteiger partial charge in [0.1, 0.15) is 0 Å². The number of aromatic amines is 1. The molecule has 0 aliphatic heterocycles. The Morgan fingerprint density at radius 3 is 3.07 bits per heavy atom. The summed E-state index contributed by atoms with van der Waals surface area (Å²) in [6, 6.07) is 6.30. The number of fused-ring (bicyclic) bond motifs is 1. The van der Waals surface area contributed by atoms with Crippen LogP contribution in [0.3, 0.4) is 0 Å². The number of benzene rings is 1. The van der Waals surface area contributed by atoms with Gasteiger partial charge in [0, 0.05) is 5.75 Å². The number of aromatic nitrogens is 2. The number of nitrogens with one attached hydrogen (secondary N) is 1. The summed E-state index contributed by atoms with van der Waals surface area (Å²) in [5, 5.41) is 1.03. The van der Waals surface area contributed by atoms with Gasteiger partial charge in [-0.3, -0.25) is 0 Å². The maximum Gasteiger partial charge on any atom is 0.166 e. The first-order valence-electron chi connectivity index (χ1n) is 4.89. The van der Waals surface area contributed by atoms with Gasteiger partial charge in [-0.2, -0.15) is 0 Å². The lowest BCUT2D eigenvalue weighted by molar-refractivity contribution is 1.05. The lowest BCUT2D eigenvalue weighted by Gasteiger charge is -1.90. The maximum atomic E-state index is 4.50. The van der Waals surface area contributed by atoms with Gasteiger partial charge in [0.05, 0.1) is 11.0 Å². The van der Waals surface area contributed by atoms with Crippen LogP contribution in [-0.2, 0) is 0 Å². The number of H-pyrrole nitrogens is 1. The highest BCUT2D eigenvalue weighted by atomic mass is 32.2. The third kappa shape index (κ3) is 1.93. The van der Waals surface area contributed by atoms with Crippen molar-refractivity contribution in [3.05, 3.63) is 23.8 Å². The van der Waals surface area contributed by atoms with E-state index in [2.05, 4.69) is 42.0 Å². The third-order valence-corrected chi connectivity index (χ3v) is 3.14. The number of nitrogens with zero attached hydrogens (tertiary/aromatic N) is 1. The van der Waals surface area contributed by atoms with E-state index in [1.54, 1.807) is 11.8 Å². The van der Waals surface area contributed by atoms with Crippen LogP contribution in [-0.4, -0.2) is 15.7 Å². The molecule has 1 aromatic heterocycles. The summed E-state index contributed by atoms with van der Waals surface area (Å²) < 4.78 is 0. The Morgan fingerprint density at radius 1 is 1.43 bits per heavy atom. The molecule has 0 fully saturated rings. The van der Waals surface area contributed by atoms with Crippen LogP contribution in [0.5, 0.6) is 0 Å². The van der Waals surface area contributed by atoms with Crippen molar-refractivity contribution in [2.45, 2.75) is 25.4 Å². The van der Waals surface area contributed by atoms with Crippen LogP contribution in [0.4, 0.5) is 0 Å². The number of hydrogen-bond donors (Lipinski definition) is 1. The van der Waals surface area contributed by atoms with Crippen molar-refractivity contribution in [3.8, 4) is 0 Å². The second-order valence-corrected chi connectivity index (χ2v) is 4.49. The summed E-state index contributed by atoms with van der Waals surface area (Å²) in [6.45, 7) is 4.28. The molecule has 0 bridgehead atoms. The van der Waals surface area contributed by atoms with Crippen LogP contribution >= 0.6 is 11.8 Å². The van der Waals surface area contributed by atoms with E-state index in [0.29, 0.717) is 0 Å². The molecular weight excluding hydrogens is 192 g/mol. The molecule has 74 valence electrons. The number of aryl methyl sites for hydroxylation is 1. The summed E-state index contributed by atoms with van der Waals surface area (Å²) in [4.78, 5) is 7.82. The molecule has 1 N–H and O–H groups in total. The normalized spacial score (nSPS) is 11.0. The fourth-order valence-electron chi connectivity index (χ4n) is 1.37. The number of hydrogen-bond acceptors (Lipinski definition) is 2. The zero-order valence-corrected chi connectivity index (χ0v) is 9.32. The van der Waals surface area contributed by atoms with Crippen molar-refractivity contribution in [1.82, 2.24) is 9.97 Å². The van der Waals surface area contributed by atoms with Gasteiger partial charge in [-0.25, -0.2) is 4.98 Å². The molecule has 0 atom stereocenters. The predicted octanol–water partition coefficient (Wildman–Crippen LogP) is 3.37. The molecule has 0 aliphatic rings. The van der Waals surface area contributed by atoms with Crippen LogP contribution in [0.25, 0.3) is 11.0 Å². The summed E-state index contributed by atoms with van der Waals surface area (Å²) in [7, 11) is 0. The van der Waals surface area contributed by atoms with E-state index in [1.165, 1.54) is 12.0 Å². The minimum absolute atomic E-state index is 1.03. The van der Waals surface area contributed by atoms with E-state index in [9.17, 15) is 0 Å². The molecule has 1 heterocycles. The molecule has 0 unspecified atom stereocenters. The van der Waals surface area contributed by atoms with E-state index in [1.807, 2.05) is 0 Å². The molecule has 2 nitrogen and oxygen atoms in total. The van der Waals surface area contributed by atoms with Gasteiger partial charge in [-0.1, -0.05) is 24.8 Å². The first-order chi connectivity index (χ1) is 6.79. The van der Waals surface area contributed by atoms with Gasteiger partial charge >= 0.3 is 0 Å². The van der Waals surface area contributed by atoms with Crippen LogP contribution in [0.2, 0.25) is 0 Å². The molecule has 2 aromatic rings. The van der Waals surface area contributed by atoms with Crippen molar-refractivity contribution in [3.63, 3.8) is 0 Å². The van der Waals surface area contributed by atoms with Crippen molar-refractivity contribution >= 4 is 22.8 Å². The SMILES string of the molecule is CCCSc1nc2ccc(C)cc2[nH]1. The van der Waals surface area contributed by atoms with E-state index in [0.717, 1.165) is 21.9 Å². The topological polar surface area (TPSA) is 28.7 Å². The second kappa shape index (κ2) is 4.05. The highest BCUT2D eigenvalue weighted by Crippen LogP contribution is 2.20. The Balaban J connectivity index is 2.32. The van der Waals surface area contributed by atoms with E-state index in [4.69, 9.17) is 0 Å². The Kier molecular flexibility index (Phi) is 2.77.